The van der Waals surface area contributed by atoms with E-state index in [1.54, 1.807) is 0 Å². The fourth-order valence-corrected chi connectivity index (χ4v) is 2.09. The lowest BCUT2D eigenvalue weighted by molar-refractivity contribution is -0.142. The Labute approximate surface area is 92.3 Å². The van der Waals surface area contributed by atoms with Crippen LogP contribution >= 0.6 is 0 Å². The Morgan fingerprint density at radius 2 is 2.06 bits per heavy atom. The number of carbonyl (C=O) groups is 1. The number of ether oxygens (including phenoxy) is 1. The minimum Gasteiger partial charge on any atom is -0.480 e. The Kier molecular flexibility index (Phi) is 1.94. The predicted molar refractivity (Wildman–Crippen MR) is 59.4 cm³/mol. The Balaban J connectivity index is 1.93. The summed E-state index contributed by atoms with van der Waals surface area (Å²) in [6.45, 7) is -0.242. The molecule has 0 aliphatic heterocycles. The molecule has 16 heavy (non-hydrogen) atoms. The summed E-state index contributed by atoms with van der Waals surface area (Å²) in [6.07, 6.45) is -0.115. The van der Waals surface area contributed by atoms with Crippen molar-refractivity contribution in [3.05, 3.63) is 47.5 Å². The van der Waals surface area contributed by atoms with Gasteiger partial charge in [-0.25, -0.2) is 4.79 Å². The molecule has 0 fully saturated rings. The summed E-state index contributed by atoms with van der Waals surface area (Å²) in [4.78, 5) is 10.4. The molecule has 3 nitrogen and oxygen atoms in total. The summed E-state index contributed by atoms with van der Waals surface area (Å²) in [7, 11) is 0. The molecule has 2 aromatic rings. The molecular formula is C13H10O3. The van der Waals surface area contributed by atoms with E-state index >= 15 is 0 Å². The van der Waals surface area contributed by atoms with E-state index in [0.29, 0.717) is 0 Å². The van der Waals surface area contributed by atoms with E-state index in [2.05, 4.69) is 0 Å². The first-order chi connectivity index (χ1) is 7.77. The first kappa shape index (κ1) is 9.36. The molecule has 1 aliphatic rings. The standard InChI is InChI=1S/C13H10O3/c14-11(15)7-16-13-10-6-5-8-3-1-2-4-9(8)12(10)13/h1-6,13H,7H2,(H,14,15). The normalized spacial score (nSPS) is 17.1. The third-order valence-corrected chi connectivity index (χ3v) is 2.84. The summed E-state index contributed by atoms with van der Waals surface area (Å²) in [5, 5.41) is 10.9. The van der Waals surface area contributed by atoms with Gasteiger partial charge in [0.1, 0.15) is 12.7 Å². The fourth-order valence-electron chi connectivity index (χ4n) is 2.09. The van der Waals surface area contributed by atoms with E-state index in [9.17, 15) is 4.79 Å². The van der Waals surface area contributed by atoms with Crippen LogP contribution in [-0.2, 0) is 9.53 Å². The van der Waals surface area contributed by atoms with Gasteiger partial charge in [0.05, 0.1) is 0 Å². The molecule has 0 radical (unpaired) electrons. The second-order valence-electron chi connectivity index (χ2n) is 3.87. The van der Waals surface area contributed by atoms with E-state index in [4.69, 9.17) is 9.84 Å². The van der Waals surface area contributed by atoms with Gasteiger partial charge in [0.2, 0.25) is 0 Å². The number of benzene rings is 2. The minimum atomic E-state index is -0.929. The molecule has 1 unspecified atom stereocenters. The van der Waals surface area contributed by atoms with Crippen molar-refractivity contribution in [3.8, 4) is 0 Å². The first-order valence-corrected chi connectivity index (χ1v) is 5.12. The van der Waals surface area contributed by atoms with Crippen LogP contribution in [0.3, 0.4) is 0 Å². The summed E-state index contributed by atoms with van der Waals surface area (Å²) < 4.78 is 5.29. The molecule has 0 saturated heterocycles. The van der Waals surface area contributed by atoms with E-state index < -0.39 is 5.97 Å². The van der Waals surface area contributed by atoms with Crippen molar-refractivity contribution in [1.82, 2.24) is 0 Å². The molecule has 1 atom stereocenters. The number of carboxylic acids is 1. The summed E-state index contributed by atoms with van der Waals surface area (Å²) in [5.41, 5.74) is 2.25. The average Bonchev–Trinajstić information content (AvgIpc) is 3.00. The lowest BCUT2D eigenvalue weighted by Gasteiger charge is -1.96. The van der Waals surface area contributed by atoms with Gasteiger partial charge in [0.15, 0.2) is 0 Å². The number of hydrogen-bond acceptors (Lipinski definition) is 2. The first-order valence-electron chi connectivity index (χ1n) is 5.12. The molecule has 1 N–H and O–H groups in total. The quantitative estimate of drug-likeness (QED) is 0.853. The zero-order valence-electron chi connectivity index (χ0n) is 8.51. The van der Waals surface area contributed by atoms with Crippen LogP contribution in [0.1, 0.15) is 17.2 Å². The second-order valence-corrected chi connectivity index (χ2v) is 3.87. The maximum atomic E-state index is 10.4. The third kappa shape index (κ3) is 1.37. The summed E-state index contributed by atoms with van der Waals surface area (Å²) in [6, 6.07) is 12.1. The second kappa shape index (κ2) is 3.32. The molecular weight excluding hydrogens is 204 g/mol. The Morgan fingerprint density at radius 3 is 2.88 bits per heavy atom. The molecule has 0 aromatic heterocycles. The highest BCUT2D eigenvalue weighted by molar-refractivity contribution is 5.91. The molecule has 0 bridgehead atoms. The summed E-state index contributed by atoms with van der Waals surface area (Å²) in [5.74, 6) is -0.929. The highest BCUT2D eigenvalue weighted by Gasteiger charge is 2.35. The van der Waals surface area contributed by atoms with Crippen molar-refractivity contribution in [2.24, 2.45) is 0 Å². The third-order valence-electron chi connectivity index (χ3n) is 2.84. The lowest BCUT2D eigenvalue weighted by atomic mass is 10.1. The number of fused-ring (bicyclic) bond motifs is 3. The Hall–Kier alpha value is -1.87. The molecule has 3 rings (SSSR count). The van der Waals surface area contributed by atoms with Crippen LogP contribution in [0.25, 0.3) is 10.8 Å². The Bertz CT molecular complexity index is 574. The van der Waals surface area contributed by atoms with Crippen molar-refractivity contribution in [2.75, 3.05) is 6.61 Å². The topological polar surface area (TPSA) is 46.5 Å². The molecule has 0 heterocycles. The van der Waals surface area contributed by atoms with Gasteiger partial charge in [-0.1, -0.05) is 36.4 Å². The van der Waals surface area contributed by atoms with Crippen molar-refractivity contribution >= 4 is 16.7 Å². The monoisotopic (exact) mass is 214 g/mol. The molecule has 2 aromatic carbocycles. The SMILES string of the molecule is O=C(O)COC1c2ccc3ccccc3c21. The maximum Gasteiger partial charge on any atom is 0.329 e. The molecule has 3 heteroatoms. The van der Waals surface area contributed by atoms with Gasteiger partial charge >= 0.3 is 5.97 Å². The van der Waals surface area contributed by atoms with E-state index in [1.807, 2.05) is 36.4 Å². The fraction of sp³-hybridized carbons (Fsp3) is 0.154. The molecule has 80 valence electrons. The van der Waals surface area contributed by atoms with Crippen LogP contribution < -0.4 is 0 Å². The van der Waals surface area contributed by atoms with E-state index in [0.717, 1.165) is 16.5 Å². The van der Waals surface area contributed by atoms with Crippen LogP contribution in [0.4, 0.5) is 0 Å². The molecule has 1 aliphatic carbocycles. The summed E-state index contributed by atoms with van der Waals surface area (Å²) >= 11 is 0. The number of hydrogen-bond donors (Lipinski definition) is 1. The van der Waals surface area contributed by atoms with Crippen molar-refractivity contribution < 1.29 is 14.6 Å². The van der Waals surface area contributed by atoms with Crippen LogP contribution in [0.15, 0.2) is 36.4 Å². The van der Waals surface area contributed by atoms with Gasteiger partial charge in [-0.3, -0.25) is 0 Å². The largest absolute Gasteiger partial charge is 0.480 e. The van der Waals surface area contributed by atoms with Gasteiger partial charge in [0, 0.05) is 0 Å². The molecule has 0 spiro atoms. The average molecular weight is 214 g/mol. The lowest BCUT2D eigenvalue weighted by Crippen LogP contribution is -2.05. The van der Waals surface area contributed by atoms with Gasteiger partial charge in [-0.05, 0) is 21.9 Å². The number of rotatable bonds is 3. The smallest absolute Gasteiger partial charge is 0.329 e. The highest BCUT2D eigenvalue weighted by atomic mass is 16.5. The predicted octanol–water partition coefficient (Wildman–Crippen LogP) is 2.34. The minimum absolute atomic E-state index is 0.115. The van der Waals surface area contributed by atoms with Crippen molar-refractivity contribution in [3.63, 3.8) is 0 Å². The van der Waals surface area contributed by atoms with E-state index in [1.165, 1.54) is 5.39 Å². The van der Waals surface area contributed by atoms with Crippen LogP contribution in [-0.4, -0.2) is 17.7 Å². The number of carboxylic acid groups (broad SMARTS) is 1. The van der Waals surface area contributed by atoms with Gasteiger partial charge in [-0.2, -0.15) is 0 Å². The van der Waals surface area contributed by atoms with Crippen LogP contribution in [0, 0.1) is 0 Å². The maximum absolute atomic E-state index is 10.4. The zero-order chi connectivity index (χ0) is 11.1. The van der Waals surface area contributed by atoms with Crippen LogP contribution in [0.2, 0.25) is 0 Å². The molecule has 0 saturated carbocycles. The van der Waals surface area contributed by atoms with Crippen molar-refractivity contribution in [1.29, 1.82) is 0 Å². The van der Waals surface area contributed by atoms with Crippen LogP contribution in [0.5, 0.6) is 0 Å². The molecule has 0 amide bonds. The van der Waals surface area contributed by atoms with Crippen molar-refractivity contribution in [2.45, 2.75) is 6.10 Å². The zero-order valence-corrected chi connectivity index (χ0v) is 8.51. The van der Waals surface area contributed by atoms with E-state index in [-0.39, 0.29) is 12.7 Å². The highest BCUT2D eigenvalue weighted by Crippen LogP contribution is 2.48. The van der Waals surface area contributed by atoms with Gasteiger partial charge in [-0.15, -0.1) is 0 Å². The Morgan fingerprint density at radius 1 is 1.25 bits per heavy atom. The number of aliphatic carboxylic acids is 1. The van der Waals surface area contributed by atoms with Gasteiger partial charge in [0.25, 0.3) is 0 Å². The van der Waals surface area contributed by atoms with Gasteiger partial charge < -0.3 is 9.84 Å².